The van der Waals surface area contributed by atoms with Gasteiger partial charge in [-0.1, -0.05) is 89.2 Å². The largest absolute Gasteiger partial charge is 0.504 e. The van der Waals surface area contributed by atoms with Crippen molar-refractivity contribution < 1.29 is 37.8 Å². The minimum absolute atomic E-state index is 0.122. The first-order valence-corrected chi connectivity index (χ1v) is 20.8. The molecule has 10 heteroatoms. The molecule has 1 aromatic carbocycles. The second-order valence-electron chi connectivity index (χ2n) is 14.5. The van der Waals surface area contributed by atoms with Gasteiger partial charge < -0.3 is 28.2 Å². The maximum Gasteiger partial charge on any atom is 0.333 e. The van der Waals surface area contributed by atoms with Crippen molar-refractivity contribution in [2.24, 2.45) is 0 Å². The maximum absolute atomic E-state index is 13.3. The maximum atomic E-state index is 13.3. The normalized spacial score (nSPS) is 21.6. The van der Waals surface area contributed by atoms with Crippen molar-refractivity contribution in [1.29, 1.82) is 0 Å². The molecule has 1 N–H and O–H groups in total. The zero-order valence-corrected chi connectivity index (χ0v) is 32.4. The van der Waals surface area contributed by atoms with Crippen molar-refractivity contribution >= 4 is 34.5 Å². The summed E-state index contributed by atoms with van der Waals surface area (Å²) in [6.45, 7) is 29.8. The van der Waals surface area contributed by atoms with E-state index in [-0.39, 0.29) is 50.5 Å². The molecule has 1 aliphatic heterocycles. The van der Waals surface area contributed by atoms with Crippen LogP contribution in [-0.4, -0.2) is 65.2 Å². The van der Waals surface area contributed by atoms with Gasteiger partial charge in [-0.15, -0.1) is 0 Å². The van der Waals surface area contributed by atoms with Crippen LogP contribution in [0.1, 0.15) is 102 Å². The number of methoxy groups -OCH3 is 1. The summed E-state index contributed by atoms with van der Waals surface area (Å²) in [7, 11) is -3.69. The van der Waals surface area contributed by atoms with Crippen LogP contribution in [0.5, 0.6) is 11.5 Å². The number of benzene rings is 1. The lowest BCUT2D eigenvalue weighted by atomic mass is 10.1. The fourth-order valence-electron chi connectivity index (χ4n) is 7.91. The highest BCUT2D eigenvalue weighted by Gasteiger charge is 2.59. The van der Waals surface area contributed by atoms with Crippen LogP contribution in [-0.2, 0) is 27.9 Å². The van der Waals surface area contributed by atoms with E-state index in [1.54, 1.807) is 25.1 Å². The van der Waals surface area contributed by atoms with Crippen LogP contribution < -0.4 is 4.74 Å². The number of esters is 1. The van der Waals surface area contributed by atoms with Gasteiger partial charge in [0, 0.05) is 5.57 Å². The van der Waals surface area contributed by atoms with Gasteiger partial charge in [-0.2, -0.15) is 0 Å². The van der Waals surface area contributed by atoms with Gasteiger partial charge in [-0.05, 0) is 70.9 Å². The minimum atomic E-state index is -2.52. The van der Waals surface area contributed by atoms with Gasteiger partial charge in [0.25, 0.3) is 0 Å². The highest BCUT2D eigenvalue weighted by Crippen LogP contribution is 2.49. The summed E-state index contributed by atoms with van der Waals surface area (Å²) >= 11 is 0. The van der Waals surface area contributed by atoms with Crippen LogP contribution in [0, 0.1) is 0 Å². The first-order chi connectivity index (χ1) is 20.8. The van der Waals surface area contributed by atoms with E-state index < -0.39 is 47.2 Å². The summed E-state index contributed by atoms with van der Waals surface area (Å²) in [4.78, 5) is 25.2. The fourth-order valence-corrected chi connectivity index (χ4v) is 19.0. The number of ether oxygens (including phenoxy) is 3. The Hall–Kier alpha value is -1.99. The molecule has 4 atom stereocenters. The molecule has 0 spiro atoms. The van der Waals surface area contributed by atoms with Crippen LogP contribution in [0.15, 0.2) is 23.8 Å². The SMILES string of the molecule is COC(=O)/C(C)=C/c1ccc(O[C@@H]2O[C@H](C(C)=O)[C@@H](O[Si](C(C)C)(C(C)C)C(C)C)[C@@H]2O[Si](C(C)C)(C(C)C)C(C)C)c(O)c1. The Morgan fingerprint density at radius 3 is 1.60 bits per heavy atom. The van der Waals surface area contributed by atoms with E-state index in [0.717, 1.165) is 0 Å². The number of Topliss-reactive ketones (excluding diaryl/α,β-unsaturated/α-hetero) is 1. The van der Waals surface area contributed by atoms with Gasteiger partial charge in [0.1, 0.15) is 18.3 Å². The van der Waals surface area contributed by atoms with E-state index in [1.165, 1.54) is 20.1 Å². The summed E-state index contributed by atoms with van der Waals surface area (Å²) in [5.74, 6) is -0.529. The molecule has 1 aromatic rings. The molecular formula is C35H60O8Si2. The topological polar surface area (TPSA) is 101 Å². The number of carbonyl (C=O) groups excluding carboxylic acids is 2. The molecule has 1 heterocycles. The van der Waals surface area contributed by atoms with Gasteiger partial charge in [-0.3, -0.25) is 4.79 Å². The smallest absolute Gasteiger partial charge is 0.333 e. The van der Waals surface area contributed by atoms with Crippen LogP contribution in [0.25, 0.3) is 6.08 Å². The summed E-state index contributed by atoms with van der Waals surface area (Å²) in [5, 5.41) is 11.0. The van der Waals surface area contributed by atoms with Crippen LogP contribution >= 0.6 is 0 Å². The Morgan fingerprint density at radius 1 is 0.778 bits per heavy atom. The van der Waals surface area contributed by atoms with Crippen LogP contribution in [0.2, 0.25) is 33.2 Å². The summed E-state index contributed by atoms with van der Waals surface area (Å²) < 4.78 is 32.4. The number of carbonyl (C=O) groups is 2. The quantitative estimate of drug-likeness (QED) is 0.113. The standard InChI is InChI=1S/C35H60O8Si2/c1-20(2)44(21(3)4,22(5)6)42-32-31(27(14)36)41-35(33(32)43-45(23(7)8,24(9)10)25(11)12)40-30-17-16-28(19-29(30)37)18-26(13)34(38)39-15/h16-25,31-33,35,37H,1-15H3/b26-18+/t31-,32-,33+,35-/m1/s1. The number of hydrogen-bond acceptors (Lipinski definition) is 8. The van der Waals surface area contributed by atoms with Crippen molar-refractivity contribution in [2.45, 2.75) is 155 Å². The van der Waals surface area contributed by atoms with Crippen molar-refractivity contribution in [3.63, 3.8) is 0 Å². The Kier molecular flexibility index (Phi) is 13.7. The van der Waals surface area contributed by atoms with Gasteiger partial charge >= 0.3 is 5.97 Å². The third-order valence-electron chi connectivity index (χ3n) is 9.78. The van der Waals surface area contributed by atoms with Gasteiger partial charge in [-0.25, -0.2) is 4.79 Å². The molecule has 0 radical (unpaired) electrons. The predicted octanol–water partition coefficient (Wildman–Crippen LogP) is 8.78. The van der Waals surface area contributed by atoms with E-state index in [9.17, 15) is 14.7 Å². The molecule has 256 valence electrons. The monoisotopic (exact) mass is 664 g/mol. The lowest BCUT2D eigenvalue weighted by Crippen LogP contribution is -2.59. The number of ketones is 1. The number of rotatable bonds is 15. The van der Waals surface area contributed by atoms with Crippen molar-refractivity contribution in [1.82, 2.24) is 0 Å². The van der Waals surface area contributed by atoms with Crippen molar-refractivity contribution in [3.8, 4) is 11.5 Å². The predicted molar refractivity (Wildman–Crippen MR) is 186 cm³/mol. The highest BCUT2D eigenvalue weighted by molar-refractivity contribution is 6.78. The third kappa shape index (κ3) is 8.12. The summed E-state index contributed by atoms with van der Waals surface area (Å²) in [6, 6.07) is 4.90. The lowest BCUT2D eigenvalue weighted by Gasteiger charge is -2.48. The van der Waals surface area contributed by atoms with E-state index >= 15 is 0 Å². The average molecular weight is 665 g/mol. The van der Waals surface area contributed by atoms with E-state index in [0.29, 0.717) is 11.1 Å². The Bertz CT molecular complexity index is 1150. The number of aromatic hydroxyl groups is 1. The molecule has 1 saturated heterocycles. The Morgan fingerprint density at radius 2 is 1.22 bits per heavy atom. The molecule has 0 aromatic heterocycles. The zero-order valence-electron chi connectivity index (χ0n) is 30.4. The first-order valence-electron chi connectivity index (χ1n) is 16.5. The molecule has 0 aliphatic carbocycles. The third-order valence-corrected chi connectivity index (χ3v) is 22.0. The molecule has 0 unspecified atom stereocenters. The molecule has 8 nitrogen and oxygen atoms in total. The molecule has 0 saturated carbocycles. The fraction of sp³-hybridized carbons (Fsp3) is 0.714. The number of phenolic OH excluding ortho intramolecular Hbond substituents is 1. The molecule has 1 aliphatic rings. The minimum Gasteiger partial charge on any atom is -0.504 e. The molecule has 45 heavy (non-hydrogen) atoms. The van der Waals surface area contributed by atoms with Crippen LogP contribution in [0.3, 0.4) is 0 Å². The van der Waals surface area contributed by atoms with Crippen molar-refractivity contribution in [2.75, 3.05) is 7.11 Å². The molecule has 1 fully saturated rings. The number of phenols is 1. The van der Waals surface area contributed by atoms with E-state index in [1.807, 2.05) is 0 Å². The second kappa shape index (κ2) is 15.7. The molecular weight excluding hydrogens is 605 g/mol. The molecule has 0 amide bonds. The molecule has 2 rings (SSSR count). The second-order valence-corrected chi connectivity index (χ2v) is 25.3. The van der Waals surface area contributed by atoms with Gasteiger partial charge in [0.05, 0.1) is 7.11 Å². The highest BCUT2D eigenvalue weighted by atomic mass is 28.4. The van der Waals surface area contributed by atoms with Gasteiger partial charge in [0.15, 0.2) is 17.3 Å². The Labute approximate surface area is 274 Å². The van der Waals surface area contributed by atoms with E-state index in [4.69, 9.17) is 23.1 Å². The first kappa shape index (κ1) is 39.2. The Balaban J connectivity index is 2.73. The van der Waals surface area contributed by atoms with Crippen LogP contribution in [0.4, 0.5) is 0 Å². The van der Waals surface area contributed by atoms with Crippen molar-refractivity contribution in [3.05, 3.63) is 29.3 Å². The molecule has 0 bridgehead atoms. The van der Waals surface area contributed by atoms with E-state index in [2.05, 4.69) is 83.1 Å². The zero-order chi connectivity index (χ0) is 34.6. The number of hydrogen-bond donors (Lipinski definition) is 1. The summed E-state index contributed by atoms with van der Waals surface area (Å²) in [5.41, 5.74) is 2.68. The van der Waals surface area contributed by atoms with Gasteiger partial charge in [0.2, 0.25) is 22.9 Å². The summed E-state index contributed by atoms with van der Waals surface area (Å²) in [6.07, 6.45) is -1.60. The average Bonchev–Trinajstić information content (AvgIpc) is 3.26. The lowest BCUT2D eigenvalue weighted by molar-refractivity contribution is -0.141.